The van der Waals surface area contributed by atoms with Crippen molar-refractivity contribution in [3.05, 3.63) is 35.9 Å². The molecule has 0 atom stereocenters. The smallest absolute Gasteiger partial charge is 0.176 e. The number of benzene rings is 1. The number of hydrogen-bond donors (Lipinski definition) is 1. The van der Waals surface area contributed by atoms with E-state index in [0.29, 0.717) is 6.54 Å². The third kappa shape index (κ3) is 5.61. The second-order valence-corrected chi connectivity index (χ2v) is 4.31. The van der Waals surface area contributed by atoms with Crippen LogP contribution in [0, 0.1) is 0 Å². The number of carbonyl (C=O) groups excluding carboxylic acids is 1. The van der Waals surface area contributed by atoms with Gasteiger partial charge in [0.05, 0.1) is 6.54 Å². The molecule has 0 fully saturated rings. The van der Waals surface area contributed by atoms with Gasteiger partial charge >= 0.3 is 0 Å². The van der Waals surface area contributed by atoms with Gasteiger partial charge in [-0.15, -0.1) is 0 Å². The van der Waals surface area contributed by atoms with Gasteiger partial charge in [0.2, 0.25) is 0 Å². The van der Waals surface area contributed by atoms with Gasteiger partial charge in [0.1, 0.15) is 0 Å². The molecule has 3 nitrogen and oxygen atoms in total. The van der Waals surface area contributed by atoms with Crippen molar-refractivity contribution in [1.82, 2.24) is 4.90 Å². The van der Waals surface area contributed by atoms with Crippen molar-refractivity contribution < 1.29 is 9.90 Å². The fourth-order valence-corrected chi connectivity index (χ4v) is 1.71. The van der Waals surface area contributed by atoms with Crippen LogP contribution >= 0.6 is 0 Å². The molecule has 3 heteroatoms. The molecule has 17 heavy (non-hydrogen) atoms. The minimum absolute atomic E-state index is 0.162. The highest BCUT2D eigenvalue weighted by molar-refractivity contribution is 5.97. The lowest BCUT2D eigenvalue weighted by Gasteiger charge is -2.15. The van der Waals surface area contributed by atoms with E-state index in [2.05, 4.69) is 0 Å². The Bertz CT molecular complexity index is 324. The van der Waals surface area contributed by atoms with Crippen LogP contribution in [0.4, 0.5) is 0 Å². The van der Waals surface area contributed by atoms with Gasteiger partial charge in [0.15, 0.2) is 5.78 Å². The van der Waals surface area contributed by atoms with Crippen LogP contribution in [0.15, 0.2) is 30.3 Å². The van der Waals surface area contributed by atoms with Crippen LogP contribution in [0.2, 0.25) is 0 Å². The molecule has 0 aliphatic rings. The van der Waals surface area contributed by atoms with Crippen LogP contribution in [0.25, 0.3) is 0 Å². The summed E-state index contributed by atoms with van der Waals surface area (Å²) in [4.78, 5) is 13.9. The predicted molar refractivity (Wildman–Crippen MR) is 69.2 cm³/mol. The van der Waals surface area contributed by atoms with E-state index in [4.69, 9.17) is 5.11 Å². The first-order chi connectivity index (χ1) is 8.24. The number of rotatable bonds is 8. The molecule has 1 N–H and O–H groups in total. The van der Waals surface area contributed by atoms with E-state index in [1.54, 1.807) is 0 Å². The van der Waals surface area contributed by atoms with Crippen LogP contribution in [-0.4, -0.2) is 42.5 Å². The SMILES string of the molecule is CN(CCCCCO)CC(=O)c1ccccc1. The molecule has 0 saturated carbocycles. The molecule has 0 bridgehead atoms. The Kier molecular flexibility index (Phi) is 6.51. The molecule has 94 valence electrons. The molecule has 1 aromatic carbocycles. The van der Waals surface area contributed by atoms with Crippen molar-refractivity contribution in [2.75, 3.05) is 26.7 Å². The molecule has 0 spiro atoms. The summed E-state index contributed by atoms with van der Waals surface area (Å²) in [5.74, 6) is 0.162. The summed E-state index contributed by atoms with van der Waals surface area (Å²) in [5, 5.41) is 8.66. The number of ketones is 1. The largest absolute Gasteiger partial charge is 0.396 e. The molecular weight excluding hydrogens is 214 g/mol. The van der Waals surface area contributed by atoms with E-state index in [1.165, 1.54) is 0 Å². The second-order valence-electron chi connectivity index (χ2n) is 4.31. The summed E-state index contributed by atoms with van der Waals surface area (Å²) in [6.07, 6.45) is 2.89. The first kappa shape index (κ1) is 13.9. The highest BCUT2D eigenvalue weighted by Crippen LogP contribution is 2.02. The number of aliphatic hydroxyl groups is 1. The Labute approximate surface area is 103 Å². The molecule has 1 aromatic rings. The van der Waals surface area contributed by atoms with Crippen molar-refractivity contribution in [3.8, 4) is 0 Å². The lowest BCUT2D eigenvalue weighted by molar-refractivity contribution is 0.0945. The van der Waals surface area contributed by atoms with Gasteiger partial charge in [0.25, 0.3) is 0 Å². The number of unbranched alkanes of at least 4 members (excludes halogenated alkanes) is 2. The quantitative estimate of drug-likeness (QED) is 0.553. The van der Waals surface area contributed by atoms with Crippen LogP contribution in [0.1, 0.15) is 29.6 Å². The Morgan fingerprint density at radius 2 is 1.88 bits per heavy atom. The van der Waals surface area contributed by atoms with E-state index >= 15 is 0 Å². The molecule has 0 aromatic heterocycles. The Balaban J connectivity index is 2.26. The third-order valence-electron chi connectivity index (χ3n) is 2.71. The fourth-order valence-electron chi connectivity index (χ4n) is 1.71. The Morgan fingerprint density at radius 1 is 1.18 bits per heavy atom. The average Bonchev–Trinajstić information content (AvgIpc) is 2.36. The van der Waals surface area contributed by atoms with Gasteiger partial charge in [-0.05, 0) is 32.9 Å². The van der Waals surface area contributed by atoms with Crippen molar-refractivity contribution in [2.45, 2.75) is 19.3 Å². The number of carbonyl (C=O) groups is 1. The lowest BCUT2D eigenvalue weighted by atomic mass is 10.1. The molecule has 0 amide bonds. The van der Waals surface area contributed by atoms with Crippen molar-refractivity contribution >= 4 is 5.78 Å². The van der Waals surface area contributed by atoms with Gasteiger partial charge in [-0.25, -0.2) is 0 Å². The minimum Gasteiger partial charge on any atom is -0.396 e. The Morgan fingerprint density at radius 3 is 2.53 bits per heavy atom. The molecule has 0 unspecified atom stereocenters. The molecule has 0 radical (unpaired) electrons. The van der Waals surface area contributed by atoms with E-state index in [0.717, 1.165) is 31.4 Å². The highest BCUT2D eigenvalue weighted by Gasteiger charge is 2.08. The monoisotopic (exact) mass is 235 g/mol. The van der Waals surface area contributed by atoms with E-state index in [-0.39, 0.29) is 12.4 Å². The van der Waals surface area contributed by atoms with Gasteiger partial charge < -0.3 is 5.11 Å². The zero-order chi connectivity index (χ0) is 12.5. The zero-order valence-electron chi connectivity index (χ0n) is 10.4. The first-order valence-corrected chi connectivity index (χ1v) is 6.11. The second kappa shape index (κ2) is 7.98. The molecule has 1 rings (SSSR count). The summed E-state index contributed by atoms with van der Waals surface area (Å²) in [6.45, 7) is 1.62. The summed E-state index contributed by atoms with van der Waals surface area (Å²) in [6, 6.07) is 9.38. The third-order valence-corrected chi connectivity index (χ3v) is 2.71. The van der Waals surface area contributed by atoms with Crippen molar-refractivity contribution in [3.63, 3.8) is 0 Å². The average molecular weight is 235 g/mol. The van der Waals surface area contributed by atoms with Crippen LogP contribution < -0.4 is 0 Å². The summed E-state index contributed by atoms with van der Waals surface area (Å²) in [7, 11) is 1.96. The van der Waals surface area contributed by atoms with E-state index < -0.39 is 0 Å². The van der Waals surface area contributed by atoms with Gasteiger partial charge in [-0.3, -0.25) is 9.69 Å². The molecule has 0 saturated heterocycles. The standard InChI is InChI=1S/C14H21NO2/c1-15(10-6-3-7-11-16)12-14(17)13-8-4-2-5-9-13/h2,4-5,8-9,16H,3,6-7,10-12H2,1H3. The highest BCUT2D eigenvalue weighted by atomic mass is 16.2. The van der Waals surface area contributed by atoms with Crippen molar-refractivity contribution in [2.24, 2.45) is 0 Å². The zero-order valence-corrected chi connectivity index (χ0v) is 10.4. The van der Waals surface area contributed by atoms with Gasteiger partial charge in [-0.2, -0.15) is 0 Å². The summed E-state index contributed by atoms with van der Waals surface area (Å²) >= 11 is 0. The molecule has 0 aliphatic heterocycles. The maximum absolute atomic E-state index is 11.9. The van der Waals surface area contributed by atoms with Gasteiger partial charge in [0, 0.05) is 12.2 Å². The number of nitrogens with zero attached hydrogens (tertiary/aromatic N) is 1. The number of Topliss-reactive ketones (excluding diaryl/α,β-unsaturated/α-hetero) is 1. The maximum Gasteiger partial charge on any atom is 0.176 e. The normalized spacial score (nSPS) is 10.8. The lowest BCUT2D eigenvalue weighted by Crippen LogP contribution is -2.27. The van der Waals surface area contributed by atoms with Crippen molar-refractivity contribution in [1.29, 1.82) is 0 Å². The number of likely N-dealkylation sites (N-methyl/N-ethyl adjacent to an activating group) is 1. The van der Waals surface area contributed by atoms with Crippen LogP contribution in [-0.2, 0) is 0 Å². The van der Waals surface area contributed by atoms with E-state index in [9.17, 15) is 4.79 Å². The summed E-state index contributed by atoms with van der Waals surface area (Å²) in [5.41, 5.74) is 0.773. The number of hydrogen-bond acceptors (Lipinski definition) is 3. The van der Waals surface area contributed by atoms with Gasteiger partial charge in [-0.1, -0.05) is 30.3 Å². The van der Waals surface area contributed by atoms with Crippen LogP contribution in [0.5, 0.6) is 0 Å². The molecule has 0 aliphatic carbocycles. The topological polar surface area (TPSA) is 40.5 Å². The molecule has 0 heterocycles. The predicted octanol–water partition coefficient (Wildman–Crippen LogP) is 1.96. The minimum atomic E-state index is 0.162. The molecular formula is C14H21NO2. The van der Waals surface area contributed by atoms with E-state index in [1.807, 2.05) is 42.3 Å². The maximum atomic E-state index is 11.9. The summed E-state index contributed by atoms with van der Waals surface area (Å²) < 4.78 is 0. The fraction of sp³-hybridized carbons (Fsp3) is 0.500. The first-order valence-electron chi connectivity index (χ1n) is 6.11. The van der Waals surface area contributed by atoms with Crippen LogP contribution in [0.3, 0.4) is 0 Å². The number of aliphatic hydroxyl groups excluding tert-OH is 1. The Hall–Kier alpha value is -1.19.